The van der Waals surface area contributed by atoms with E-state index in [0.717, 1.165) is 25.8 Å². The van der Waals surface area contributed by atoms with Gasteiger partial charge < -0.3 is 14.9 Å². The van der Waals surface area contributed by atoms with Crippen LogP contribution in [-0.4, -0.2) is 27.8 Å². The SMILES string of the molecule is O=C(O)Cc1nc(C2CCCCN2)no1. The fraction of sp³-hybridized carbons (Fsp3) is 0.667. The average molecular weight is 211 g/mol. The lowest BCUT2D eigenvalue weighted by Gasteiger charge is -2.19. The highest BCUT2D eigenvalue weighted by Gasteiger charge is 2.20. The average Bonchev–Trinajstić information content (AvgIpc) is 2.67. The molecule has 0 spiro atoms. The Kier molecular flexibility index (Phi) is 2.96. The molecule has 2 rings (SSSR count). The molecule has 0 radical (unpaired) electrons. The Balaban J connectivity index is 2.02. The maximum absolute atomic E-state index is 10.4. The van der Waals surface area contributed by atoms with Crippen LogP contribution >= 0.6 is 0 Å². The van der Waals surface area contributed by atoms with Gasteiger partial charge >= 0.3 is 5.97 Å². The summed E-state index contributed by atoms with van der Waals surface area (Å²) in [7, 11) is 0. The first kappa shape index (κ1) is 10.1. The molecule has 0 aromatic carbocycles. The number of carbonyl (C=O) groups is 1. The largest absolute Gasteiger partial charge is 0.481 e. The first-order valence-corrected chi connectivity index (χ1v) is 5.03. The third-order valence-corrected chi connectivity index (χ3v) is 2.41. The summed E-state index contributed by atoms with van der Waals surface area (Å²) in [6, 6.07) is 0.116. The number of aromatic nitrogens is 2. The van der Waals surface area contributed by atoms with E-state index >= 15 is 0 Å². The van der Waals surface area contributed by atoms with Gasteiger partial charge in [-0.05, 0) is 19.4 Å². The molecule has 1 aromatic heterocycles. The number of aliphatic carboxylic acids is 1. The lowest BCUT2D eigenvalue weighted by atomic mass is 10.0. The van der Waals surface area contributed by atoms with Crippen LogP contribution < -0.4 is 5.32 Å². The van der Waals surface area contributed by atoms with E-state index in [1.54, 1.807) is 0 Å². The topological polar surface area (TPSA) is 88.2 Å². The van der Waals surface area contributed by atoms with Gasteiger partial charge in [0, 0.05) is 0 Å². The van der Waals surface area contributed by atoms with E-state index in [0.29, 0.717) is 5.82 Å². The predicted octanol–water partition coefficient (Wildman–Crippen LogP) is 0.511. The van der Waals surface area contributed by atoms with Crippen molar-refractivity contribution in [3.63, 3.8) is 0 Å². The molecule has 0 amide bonds. The van der Waals surface area contributed by atoms with Gasteiger partial charge in [-0.15, -0.1) is 0 Å². The summed E-state index contributed by atoms with van der Waals surface area (Å²) in [6.07, 6.45) is 3.07. The highest BCUT2D eigenvalue weighted by molar-refractivity contribution is 5.68. The van der Waals surface area contributed by atoms with Gasteiger partial charge in [0.2, 0.25) is 5.89 Å². The van der Waals surface area contributed by atoms with Crippen molar-refractivity contribution in [3.8, 4) is 0 Å². The van der Waals surface area contributed by atoms with E-state index in [1.807, 2.05) is 0 Å². The molecule has 2 N–H and O–H groups in total. The van der Waals surface area contributed by atoms with E-state index in [2.05, 4.69) is 15.5 Å². The van der Waals surface area contributed by atoms with Crippen LogP contribution in [0.5, 0.6) is 0 Å². The zero-order valence-electron chi connectivity index (χ0n) is 8.27. The summed E-state index contributed by atoms with van der Waals surface area (Å²) in [6.45, 7) is 0.952. The minimum absolute atomic E-state index is 0.116. The van der Waals surface area contributed by atoms with Crippen LogP contribution in [0.1, 0.15) is 37.0 Å². The predicted molar refractivity (Wildman–Crippen MR) is 50.2 cm³/mol. The van der Waals surface area contributed by atoms with E-state index in [1.165, 1.54) is 0 Å². The van der Waals surface area contributed by atoms with Gasteiger partial charge in [-0.1, -0.05) is 11.6 Å². The van der Waals surface area contributed by atoms with Crippen molar-refractivity contribution in [2.45, 2.75) is 31.7 Å². The molecule has 0 saturated carbocycles. The van der Waals surface area contributed by atoms with Crippen LogP contribution in [-0.2, 0) is 11.2 Å². The Labute approximate surface area is 86.7 Å². The van der Waals surface area contributed by atoms with Gasteiger partial charge in [-0.2, -0.15) is 4.98 Å². The zero-order valence-corrected chi connectivity index (χ0v) is 8.27. The summed E-state index contributed by atoms with van der Waals surface area (Å²) in [5.41, 5.74) is 0. The van der Waals surface area contributed by atoms with Gasteiger partial charge in [0.1, 0.15) is 6.42 Å². The standard InChI is InChI=1S/C9H13N3O3/c13-8(14)5-7-11-9(12-15-7)6-3-1-2-4-10-6/h6,10H,1-5H2,(H,13,14). The molecule has 1 aliphatic heterocycles. The number of rotatable bonds is 3. The van der Waals surface area contributed by atoms with Crippen LogP contribution in [0.15, 0.2) is 4.52 Å². The quantitative estimate of drug-likeness (QED) is 0.757. The molecular formula is C9H13N3O3. The molecular weight excluding hydrogens is 198 g/mol. The summed E-state index contributed by atoms with van der Waals surface area (Å²) in [5, 5.41) is 15.6. The van der Waals surface area contributed by atoms with Crippen molar-refractivity contribution in [2.75, 3.05) is 6.54 Å². The molecule has 1 aliphatic rings. The smallest absolute Gasteiger partial charge is 0.312 e. The minimum Gasteiger partial charge on any atom is -0.481 e. The highest BCUT2D eigenvalue weighted by atomic mass is 16.5. The molecule has 1 aromatic rings. The Morgan fingerprint density at radius 2 is 2.47 bits per heavy atom. The van der Waals surface area contributed by atoms with E-state index < -0.39 is 5.97 Å². The second-order valence-corrected chi connectivity index (χ2v) is 3.62. The molecule has 15 heavy (non-hydrogen) atoms. The van der Waals surface area contributed by atoms with E-state index in [-0.39, 0.29) is 18.4 Å². The minimum atomic E-state index is -0.957. The normalized spacial score (nSPS) is 21.5. The second kappa shape index (κ2) is 4.39. The van der Waals surface area contributed by atoms with Gasteiger partial charge in [0.15, 0.2) is 5.82 Å². The zero-order chi connectivity index (χ0) is 10.7. The number of nitrogens with zero attached hydrogens (tertiary/aromatic N) is 2. The van der Waals surface area contributed by atoms with Gasteiger partial charge in [-0.25, -0.2) is 0 Å². The maximum Gasteiger partial charge on any atom is 0.312 e. The van der Waals surface area contributed by atoms with Crippen molar-refractivity contribution in [2.24, 2.45) is 0 Å². The monoisotopic (exact) mass is 211 g/mol. The molecule has 6 heteroatoms. The van der Waals surface area contributed by atoms with Crippen molar-refractivity contribution in [3.05, 3.63) is 11.7 Å². The van der Waals surface area contributed by atoms with Crippen LogP contribution in [0, 0.1) is 0 Å². The molecule has 0 aliphatic carbocycles. The number of nitrogens with one attached hydrogen (secondary N) is 1. The Bertz CT molecular complexity index is 344. The number of carboxylic acid groups (broad SMARTS) is 1. The number of hydrogen-bond acceptors (Lipinski definition) is 5. The van der Waals surface area contributed by atoms with Crippen molar-refractivity contribution in [1.82, 2.24) is 15.5 Å². The Hall–Kier alpha value is -1.43. The van der Waals surface area contributed by atoms with Crippen molar-refractivity contribution in [1.29, 1.82) is 0 Å². The van der Waals surface area contributed by atoms with Gasteiger partial charge in [0.25, 0.3) is 0 Å². The van der Waals surface area contributed by atoms with E-state index in [4.69, 9.17) is 9.63 Å². The molecule has 2 heterocycles. The molecule has 0 bridgehead atoms. The molecule has 1 atom stereocenters. The lowest BCUT2D eigenvalue weighted by molar-refractivity contribution is -0.136. The maximum atomic E-state index is 10.4. The fourth-order valence-corrected chi connectivity index (χ4v) is 1.68. The summed E-state index contributed by atoms with van der Waals surface area (Å²) in [5.74, 6) is -0.211. The Morgan fingerprint density at radius 3 is 3.13 bits per heavy atom. The first-order valence-electron chi connectivity index (χ1n) is 5.03. The van der Waals surface area contributed by atoms with Gasteiger partial charge in [0.05, 0.1) is 6.04 Å². The van der Waals surface area contributed by atoms with Crippen LogP contribution in [0.2, 0.25) is 0 Å². The van der Waals surface area contributed by atoms with Crippen LogP contribution in [0.25, 0.3) is 0 Å². The summed E-state index contributed by atoms with van der Waals surface area (Å²) in [4.78, 5) is 14.5. The summed E-state index contributed by atoms with van der Waals surface area (Å²) >= 11 is 0. The van der Waals surface area contributed by atoms with Crippen LogP contribution in [0.3, 0.4) is 0 Å². The van der Waals surface area contributed by atoms with Gasteiger partial charge in [-0.3, -0.25) is 4.79 Å². The Morgan fingerprint density at radius 1 is 1.60 bits per heavy atom. The van der Waals surface area contributed by atoms with Crippen molar-refractivity contribution < 1.29 is 14.4 Å². The van der Waals surface area contributed by atoms with Crippen LogP contribution in [0.4, 0.5) is 0 Å². The molecule has 1 fully saturated rings. The number of piperidine rings is 1. The van der Waals surface area contributed by atoms with Crippen molar-refractivity contribution >= 4 is 5.97 Å². The third-order valence-electron chi connectivity index (χ3n) is 2.41. The fourth-order valence-electron chi connectivity index (χ4n) is 1.68. The first-order chi connectivity index (χ1) is 7.25. The van der Waals surface area contributed by atoms with E-state index in [9.17, 15) is 4.79 Å². The lowest BCUT2D eigenvalue weighted by Crippen LogP contribution is -2.27. The summed E-state index contributed by atoms with van der Waals surface area (Å²) < 4.78 is 4.85. The molecule has 6 nitrogen and oxygen atoms in total. The highest BCUT2D eigenvalue weighted by Crippen LogP contribution is 2.20. The number of hydrogen-bond donors (Lipinski definition) is 2. The third kappa shape index (κ3) is 2.53. The molecule has 82 valence electrons. The number of carboxylic acids is 1. The molecule has 1 unspecified atom stereocenters. The second-order valence-electron chi connectivity index (χ2n) is 3.62. The molecule has 1 saturated heterocycles.